The first-order valence-corrected chi connectivity index (χ1v) is 9.15. The summed E-state index contributed by atoms with van der Waals surface area (Å²) in [5.74, 6) is 0.325. The van der Waals surface area contributed by atoms with Crippen molar-refractivity contribution in [1.29, 1.82) is 0 Å². The lowest BCUT2D eigenvalue weighted by molar-refractivity contribution is 0.0757. The van der Waals surface area contributed by atoms with Gasteiger partial charge < -0.3 is 5.11 Å². The molecule has 118 valence electrons. The van der Waals surface area contributed by atoms with E-state index in [0.717, 1.165) is 12.0 Å². The van der Waals surface area contributed by atoms with Crippen LogP contribution in [0.4, 0.5) is 0 Å². The Morgan fingerprint density at radius 3 is 2.43 bits per heavy atom. The molecule has 21 heavy (non-hydrogen) atoms. The third-order valence-electron chi connectivity index (χ3n) is 4.70. The van der Waals surface area contributed by atoms with Crippen LogP contribution in [-0.4, -0.2) is 24.9 Å². The Balaban J connectivity index is 2.34. The second-order valence-electron chi connectivity index (χ2n) is 7.34. The zero-order valence-electron chi connectivity index (χ0n) is 13.3. The predicted octanol–water partition coefficient (Wildman–Crippen LogP) is 3.34. The van der Waals surface area contributed by atoms with Gasteiger partial charge in [0, 0.05) is 0 Å². The van der Waals surface area contributed by atoms with Gasteiger partial charge in [-0.1, -0.05) is 32.9 Å². The average Bonchev–Trinajstić information content (AvgIpc) is 2.37. The fraction of sp³-hybridized carbons (Fsp3) is 0.647. The summed E-state index contributed by atoms with van der Waals surface area (Å²) in [6.45, 7) is 8.32. The number of aryl methyl sites for hydroxylation is 1. The summed E-state index contributed by atoms with van der Waals surface area (Å²) in [5, 5.41) is 9.56. The zero-order chi connectivity index (χ0) is 15.8. The highest BCUT2D eigenvalue weighted by atomic mass is 32.2. The van der Waals surface area contributed by atoms with Crippen LogP contribution in [0.1, 0.15) is 45.6 Å². The van der Waals surface area contributed by atoms with Crippen molar-refractivity contribution >= 4 is 9.84 Å². The van der Waals surface area contributed by atoms with Crippen molar-refractivity contribution in [3.8, 4) is 0 Å². The summed E-state index contributed by atoms with van der Waals surface area (Å²) >= 11 is 0. The summed E-state index contributed by atoms with van der Waals surface area (Å²) in [5.41, 5.74) is 0.995. The second kappa shape index (κ2) is 5.73. The molecule has 1 aliphatic carbocycles. The molecule has 1 aromatic carbocycles. The van der Waals surface area contributed by atoms with Gasteiger partial charge in [-0.25, -0.2) is 8.42 Å². The Kier molecular flexibility index (Phi) is 4.50. The molecule has 1 aliphatic rings. The molecule has 0 aliphatic heterocycles. The van der Waals surface area contributed by atoms with E-state index in [1.165, 1.54) is 0 Å². The van der Waals surface area contributed by atoms with E-state index in [0.29, 0.717) is 23.7 Å². The third kappa shape index (κ3) is 3.49. The van der Waals surface area contributed by atoms with Gasteiger partial charge in [0.25, 0.3) is 0 Å². The van der Waals surface area contributed by atoms with Crippen molar-refractivity contribution in [2.45, 2.75) is 63.2 Å². The highest BCUT2D eigenvalue weighted by Crippen LogP contribution is 2.41. The monoisotopic (exact) mass is 310 g/mol. The highest BCUT2D eigenvalue weighted by Gasteiger charge is 2.42. The van der Waals surface area contributed by atoms with E-state index in [4.69, 9.17) is 0 Å². The normalized spacial score (nSPS) is 27.6. The molecule has 3 nitrogen and oxygen atoms in total. The topological polar surface area (TPSA) is 54.4 Å². The van der Waals surface area contributed by atoms with E-state index >= 15 is 0 Å². The molecule has 3 atom stereocenters. The molecule has 1 fully saturated rings. The van der Waals surface area contributed by atoms with Crippen LogP contribution in [0.2, 0.25) is 0 Å². The van der Waals surface area contributed by atoms with Gasteiger partial charge in [-0.15, -0.1) is 0 Å². The summed E-state index contributed by atoms with van der Waals surface area (Å²) in [6, 6.07) is 6.98. The molecule has 1 N–H and O–H groups in total. The lowest BCUT2D eigenvalue weighted by atomic mass is 9.71. The highest BCUT2D eigenvalue weighted by molar-refractivity contribution is 7.92. The Labute approximate surface area is 128 Å². The van der Waals surface area contributed by atoms with Crippen molar-refractivity contribution in [2.24, 2.45) is 11.3 Å². The lowest BCUT2D eigenvalue weighted by Crippen LogP contribution is -2.42. The predicted molar refractivity (Wildman–Crippen MR) is 85.0 cm³/mol. The van der Waals surface area contributed by atoms with Crippen molar-refractivity contribution in [1.82, 2.24) is 0 Å². The first-order chi connectivity index (χ1) is 9.62. The van der Waals surface area contributed by atoms with Crippen LogP contribution in [0.15, 0.2) is 29.2 Å². The van der Waals surface area contributed by atoms with Gasteiger partial charge in [0.2, 0.25) is 0 Å². The second-order valence-corrected chi connectivity index (χ2v) is 9.51. The SMILES string of the molecule is Cc1cccc(S(=O)(=O)C2CC(C(C)(C)C)CCC2O)c1. The number of hydrogen-bond donors (Lipinski definition) is 1. The zero-order valence-corrected chi connectivity index (χ0v) is 14.2. The van der Waals surface area contributed by atoms with Gasteiger partial charge in [0.1, 0.15) is 0 Å². The van der Waals surface area contributed by atoms with E-state index in [2.05, 4.69) is 20.8 Å². The minimum absolute atomic E-state index is 0.0700. The van der Waals surface area contributed by atoms with Crippen LogP contribution in [0, 0.1) is 18.3 Å². The molecule has 0 radical (unpaired) electrons. The van der Waals surface area contributed by atoms with Crippen molar-refractivity contribution < 1.29 is 13.5 Å². The smallest absolute Gasteiger partial charge is 0.183 e. The van der Waals surface area contributed by atoms with E-state index < -0.39 is 21.2 Å². The Morgan fingerprint density at radius 2 is 1.86 bits per heavy atom. The molecule has 3 unspecified atom stereocenters. The number of sulfone groups is 1. The molecule has 0 bridgehead atoms. The number of rotatable bonds is 2. The van der Waals surface area contributed by atoms with Gasteiger partial charge in [-0.2, -0.15) is 0 Å². The van der Waals surface area contributed by atoms with Crippen LogP contribution in [-0.2, 0) is 9.84 Å². The van der Waals surface area contributed by atoms with Gasteiger partial charge in [0.05, 0.1) is 16.2 Å². The van der Waals surface area contributed by atoms with Crippen LogP contribution < -0.4 is 0 Å². The van der Waals surface area contributed by atoms with Crippen LogP contribution in [0.3, 0.4) is 0 Å². The molecule has 1 saturated carbocycles. The number of aliphatic hydroxyl groups is 1. The molecule has 0 saturated heterocycles. The average molecular weight is 310 g/mol. The largest absolute Gasteiger partial charge is 0.392 e. The first-order valence-electron chi connectivity index (χ1n) is 7.61. The number of hydrogen-bond acceptors (Lipinski definition) is 3. The molecule has 0 spiro atoms. The maximum absolute atomic E-state index is 12.9. The molecule has 1 aromatic rings. The Hall–Kier alpha value is -0.870. The van der Waals surface area contributed by atoms with Crippen LogP contribution in [0.5, 0.6) is 0 Å². The van der Waals surface area contributed by atoms with E-state index in [1.807, 2.05) is 13.0 Å². The van der Waals surface area contributed by atoms with Crippen LogP contribution >= 0.6 is 0 Å². The van der Waals surface area contributed by atoms with Crippen molar-refractivity contribution in [3.05, 3.63) is 29.8 Å². The molecule has 2 rings (SSSR count). The minimum atomic E-state index is -3.48. The summed E-state index contributed by atoms with van der Waals surface area (Å²) in [6.07, 6.45) is 1.25. The van der Waals surface area contributed by atoms with Gasteiger partial charge in [-0.3, -0.25) is 0 Å². The Bertz CT molecular complexity index is 599. The van der Waals surface area contributed by atoms with E-state index in [1.54, 1.807) is 18.2 Å². The molecular formula is C17H26O3S. The Morgan fingerprint density at radius 1 is 1.19 bits per heavy atom. The van der Waals surface area contributed by atoms with Gasteiger partial charge >= 0.3 is 0 Å². The van der Waals surface area contributed by atoms with E-state index in [-0.39, 0.29) is 5.41 Å². The van der Waals surface area contributed by atoms with Crippen LogP contribution in [0.25, 0.3) is 0 Å². The molecular weight excluding hydrogens is 284 g/mol. The quantitative estimate of drug-likeness (QED) is 0.911. The van der Waals surface area contributed by atoms with Crippen molar-refractivity contribution in [3.63, 3.8) is 0 Å². The molecule has 0 aromatic heterocycles. The maximum atomic E-state index is 12.9. The maximum Gasteiger partial charge on any atom is 0.183 e. The number of aliphatic hydroxyl groups excluding tert-OH is 1. The summed E-state index contributed by atoms with van der Waals surface area (Å²) in [4.78, 5) is 0.334. The van der Waals surface area contributed by atoms with Gasteiger partial charge in [-0.05, 0) is 55.2 Å². The van der Waals surface area contributed by atoms with E-state index in [9.17, 15) is 13.5 Å². The fourth-order valence-corrected chi connectivity index (χ4v) is 5.20. The third-order valence-corrected chi connectivity index (χ3v) is 6.91. The fourth-order valence-electron chi connectivity index (χ4n) is 3.20. The summed E-state index contributed by atoms with van der Waals surface area (Å²) in [7, 11) is -3.48. The number of benzene rings is 1. The van der Waals surface area contributed by atoms with Crippen molar-refractivity contribution in [2.75, 3.05) is 0 Å². The molecule has 0 heterocycles. The summed E-state index contributed by atoms with van der Waals surface area (Å²) < 4.78 is 25.7. The molecule has 0 amide bonds. The minimum Gasteiger partial charge on any atom is -0.392 e. The first kappa shape index (κ1) is 16.5. The molecule has 4 heteroatoms. The standard InChI is InChI=1S/C17H26O3S/c1-12-6-5-7-14(10-12)21(19,20)16-11-13(17(2,3)4)8-9-15(16)18/h5-7,10,13,15-16,18H,8-9,11H2,1-4H3. The lowest BCUT2D eigenvalue weighted by Gasteiger charge is -2.39. The van der Waals surface area contributed by atoms with Gasteiger partial charge in [0.15, 0.2) is 9.84 Å².